The van der Waals surface area contributed by atoms with Crippen molar-refractivity contribution in [3.05, 3.63) is 108 Å². The van der Waals surface area contributed by atoms with Crippen LogP contribution in [0.1, 0.15) is 28.7 Å². The quantitative estimate of drug-likeness (QED) is 0.442. The lowest BCUT2D eigenvalue weighted by atomic mass is 10.0. The van der Waals surface area contributed by atoms with Crippen LogP contribution in [0.4, 0.5) is 0 Å². The normalized spacial score (nSPS) is 11.8. The first-order valence-electron chi connectivity index (χ1n) is 9.37. The number of aryl methyl sites for hydroxylation is 1. The Balaban J connectivity index is 1.54. The highest BCUT2D eigenvalue weighted by Crippen LogP contribution is 2.27. The summed E-state index contributed by atoms with van der Waals surface area (Å²) in [6.45, 7) is 1.81. The predicted molar refractivity (Wildman–Crippen MR) is 109 cm³/mol. The summed E-state index contributed by atoms with van der Waals surface area (Å²) in [6, 6.07) is 22.9. The van der Waals surface area contributed by atoms with E-state index in [0.717, 1.165) is 16.7 Å². The number of benzene rings is 2. The molecule has 0 fully saturated rings. The molecule has 0 aliphatic rings. The average Bonchev–Trinajstić information content (AvgIpc) is 3.14. The molecule has 29 heavy (non-hydrogen) atoms. The van der Waals surface area contributed by atoms with E-state index in [1.165, 1.54) is 0 Å². The van der Waals surface area contributed by atoms with Gasteiger partial charge in [-0.15, -0.1) is 0 Å². The van der Waals surface area contributed by atoms with Crippen LogP contribution in [-0.2, 0) is 16.0 Å². The van der Waals surface area contributed by atoms with Crippen molar-refractivity contribution in [3.63, 3.8) is 0 Å². The number of hydrogen-bond donors (Lipinski definition) is 0. The van der Waals surface area contributed by atoms with Crippen LogP contribution in [0.3, 0.4) is 0 Å². The van der Waals surface area contributed by atoms with E-state index in [0.29, 0.717) is 17.3 Å². The number of ether oxygens (including phenoxy) is 1. The lowest BCUT2D eigenvalue weighted by Crippen LogP contribution is -2.15. The number of rotatable bonds is 6. The van der Waals surface area contributed by atoms with Crippen LogP contribution >= 0.6 is 0 Å². The lowest BCUT2D eigenvalue weighted by molar-refractivity contribution is -0.146. The monoisotopic (exact) mass is 384 g/mol. The Morgan fingerprint density at radius 2 is 1.55 bits per heavy atom. The third-order valence-electron chi connectivity index (χ3n) is 4.59. The molecule has 0 aliphatic carbocycles. The van der Waals surface area contributed by atoms with Crippen LogP contribution in [0.25, 0.3) is 11.5 Å². The van der Waals surface area contributed by atoms with Gasteiger partial charge in [0.05, 0.1) is 12.1 Å². The molecule has 1 unspecified atom stereocenters. The SMILES string of the molecule is Cc1oc(-c2ccccc2)nc1CC(=O)OC(c1ccccc1)c1ccncc1. The molecule has 5 nitrogen and oxygen atoms in total. The topological polar surface area (TPSA) is 65.2 Å². The molecular weight excluding hydrogens is 364 g/mol. The number of nitrogens with zero attached hydrogens (tertiary/aromatic N) is 2. The van der Waals surface area contributed by atoms with Gasteiger partial charge in [0.25, 0.3) is 0 Å². The van der Waals surface area contributed by atoms with E-state index in [9.17, 15) is 4.79 Å². The maximum Gasteiger partial charge on any atom is 0.312 e. The Morgan fingerprint density at radius 1 is 0.931 bits per heavy atom. The Hall–Kier alpha value is -3.73. The van der Waals surface area contributed by atoms with Gasteiger partial charge in [-0.05, 0) is 36.8 Å². The number of carbonyl (C=O) groups is 1. The summed E-state index contributed by atoms with van der Waals surface area (Å²) in [6.07, 6.45) is 2.91. The molecule has 2 aromatic carbocycles. The van der Waals surface area contributed by atoms with E-state index in [2.05, 4.69) is 9.97 Å². The van der Waals surface area contributed by atoms with Gasteiger partial charge in [-0.25, -0.2) is 4.98 Å². The van der Waals surface area contributed by atoms with E-state index in [4.69, 9.17) is 9.15 Å². The second-order valence-electron chi connectivity index (χ2n) is 6.63. The minimum absolute atomic E-state index is 0.0383. The molecule has 0 saturated heterocycles. The highest BCUT2D eigenvalue weighted by molar-refractivity contribution is 5.73. The third kappa shape index (κ3) is 4.41. The standard InChI is InChI=1S/C24H20N2O3/c1-17-21(26-24(28-17)20-10-6-3-7-11-20)16-22(27)29-23(18-8-4-2-5-9-18)19-12-14-25-15-13-19/h2-15,23H,16H2,1H3. The van der Waals surface area contributed by atoms with Gasteiger partial charge in [0.1, 0.15) is 5.76 Å². The fraction of sp³-hybridized carbons (Fsp3) is 0.125. The molecule has 1 atom stereocenters. The van der Waals surface area contributed by atoms with E-state index in [1.807, 2.05) is 72.8 Å². The fourth-order valence-electron chi connectivity index (χ4n) is 3.10. The highest BCUT2D eigenvalue weighted by atomic mass is 16.5. The van der Waals surface area contributed by atoms with Crippen LogP contribution in [0, 0.1) is 6.92 Å². The fourth-order valence-corrected chi connectivity index (χ4v) is 3.10. The van der Waals surface area contributed by atoms with Crippen molar-refractivity contribution in [3.8, 4) is 11.5 Å². The molecule has 0 N–H and O–H groups in total. The van der Waals surface area contributed by atoms with Crippen LogP contribution in [0.15, 0.2) is 89.6 Å². The Labute approximate surface area is 169 Å². The van der Waals surface area contributed by atoms with E-state index < -0.39 is 6.10 Å². The van der Waals surface area contributed by atoms with Crippen LogP contribution in [-0.4, -0.2) is 15.9 Å². The molecule has 5 heteroatoms. The summed E-state index contributed by atoms with van der Waals surface area (Å²) in [5.74, 6) is 0.743. The van der Waals surface area contributed by atoms with Crippen LogP contribution in [0.2, 0.25) is 0 Å². The number of oxazole rings is 1. The van der Waals surface area contributed by atoms with Gasteiger partial charge in [-0.3, -0.25) is 9.78 Å². The second kappa shape index (κ2) is 8.52. The Morgan fingerprint density at radius 3 is 2.24 bits per heavy atom. The molecular formula is C24H20N2O3. The molecule has 0 bridgehead atoms. The van der Waals surface area contributed by atoms with Gasteiger partial charge < -0.3 is 9.15 Å². The van der Waals surface area contributed by atoms with E-state index in [-0.39, 0.29) is 12.4 Å². The number of pyridine rings is 1. The van der Waals surface area contributed by atoms with Crippen molar-refractivity contribution in [2.45, 2.75) is 19.4 Å². The summed E-state index contributed by atoms with van der Waals surface area (Å²) in [5.41, 5.74) is 3.21. The summed E-state index contributed by atoms with van der Waals surface area (Å²) in [4.78, 5) is 21.3. The van der Waals surface area contributed by atoms with E-state index >= 15 is 0 Å². The summed E-state index contributed by atoms with van der Waals surface area (Å²) >= 11 is 0. The minimum atomic E-state index is -0.507. The Bertz CT molecular complexity index is 1040. The van der Waals surface area contributed by atoms with Crippen molar-refractivity contribution in [1.29, 1.82) is 0 Å². The molecule has 0 aliphatic heterocycles. The number of aromatic nitrogens is 2. The molecule has 0 amide bonds. The number of carbonyl (C=O) groups excluding carboxylic acids is 1. The molecule has 0 radical (unpaired) electrons. The van der Waals surface area contributed by atoms with Crippen molar-refractivity contribution in [1.82, 2.24) is 9.97 Å². The third-order valence-corrected chi connectivity index (χ3v) is 4.59. The zero-order valence-electron chi connectivity index (χ0n) is 16.0. The lowest BCUT2D eigenvalue weighted by Gasteiger charge is -2.18. The number of hydrogen-bond acceptors (Lipinski definition) is 5. The molecule has 2 aromatic heterocycles. The first-order valence-corrected chi connectivity index (χ1v) is 9.37. The van der Waals surface area contributed by atoms with Gasteiger partial charge in [-0.2, -0.15) is 0 Å². The van der Waals surface area contributed by atoms with Crippen molar-refractivity contribution < 1.29 is 13.9 Å². The molecule has 4 rings (SSSR count). The van der Waals surface area contributed by atoms with Crippen LogP contribution in [0.5, 0.6) is 0 Å². The van der Waals surface area contributed by atoms with Crippen LogP contribution < -0.4 is 0 Å². The van der Waals surface area contributed by atoms with Gasteiger partial charge in [0.15, 0.2) is 6.10 Å². The zero-order chi connectivity index (χ0) is 20.1. The predicted octanol–water partition coefficient (Wildman–Crippen LogP) is 4.92. The average molecular weight is 384 g/mol. The summed E-state index contributed by atoms with van der Waals surface area (Å²) in [7, 11) is 0. The smallest absolute Gasteiger partial charge is 0.312 e. The van der Waals surface area contributed by atoms with Gasteiger partial charge in [0, 0.05) is 23.5 Å². The first kappa shape index (κ1) is 18.6. The van der Waals surface area contributed by atoms with Crippen molar-refractivity contribution in [2.75, 3.05) is 0 Å². The summed E-state index contributed by atoms with van der Waals surface area (Å²) in [5, 5.41) is 0. The van der Waals surface area contributed by atoms with Crippen molar-refractivity contribution in [2.24, 2.45) is 0 Å². The molecule has 4 aromatic rings. The number of esters is 1. The van der Waals surface area contributed by atoms with Gasteiger partial charge >= 0.3 is 5.97 Å². The zero-order valence-corrected chi connectivity index (χ0v) is 16.0. The van der Waals surface area contributed by atoms with E-state index in [1.54, 1.807) is 19.3 Å². The molecule has 0 saturated carbocycles. The maximum atomic E-state index is 12.7. The van der Waals surface area contributed by atoms with Crippen molar-refractivity contribution >= 4 is 5.97 Å². The van der Waals surface area contributed by atoms with Gasteiger partial charge in [0.2, 0.25) is 5.89 Å². The Kier molecular flexibility index (Phi) is 5.47. The maximum absolute atomic E-state index is 12.7. The largest absolute Gasteiger partial charge is 0.452 e. The first-order chi connectivity index (χ1) is 14.2. The highest BCUT2D eigenvalue weighted by Gasteiger charge is 2.21. The molecule has 0 spiro atoms. The summed E-state index contributed by atoms with van der Waals surface area (Å²) < 4.78 is 11.6. The second-order valence-corrected chi connectivity index (χ2v) is 6.63. The molecule has 144 valence electrons. The minimum Gasteiger partial charge on any atom is -0.452 e. The van der Waals surface area contributed by atoms with Gasteiger partial charge in [-0.1, -0.05) is 48.5 Å². The molecule has 2 heterocycles.